The summed E-state index contributed by atoms with van der Waals surface area (Å²) in [4.78, 5) is 21.2. The normalized spacial score (nSPS) is 9.67. The molecule has 18 heavy (non-hydrogen) atoms. The summed E-state index contributed by atoms with van der Waals surface area (Å²) in [5.74, 6) is 0.298. The molecule has 0 saturated carbocycles. The fourth-order valence-electron chi connectivity index (χ4n) is 1.35. The van der Waals surface area contributed by atoms with Crippen LogP contribution in [-0.4, -0.2) is 31.5 Å². The fourth-order valence-corrected chi connectivity index (χ4v) is 1.35. The molecule has 0 aliphatic carbocycles. The minimum Gasteiger partial charge on any atom is -0.496 e. The Bertz CT molecular complexity index is 448. The van der Waals surface area contributed by atoms with Crippen molar-refractivity contribution < 1.29 is 14.5 Å². The van der Waals surface area contributed by atoms with E-state index >= 15 is 0 Å². The molecular formula is C11H15N3O4. The smallest absolute Gasteiger partial charge is 0.275 e. The third-order valence-corrected chi connectivity index (χ3v) is 2.30. The lowest BCUT2D eigenvalue weighted by Crippen LogP contribution is -2.20. The number of benzene rings is 1. The van der Waals surface area contributed by atoms with Crippen LogP contribution >= 0.6 is 0 Å². The second-order valence-corrected chi connectivity index (χ2v) is 3.53. The van der Waals surface area contributed by atoms with Gasteiger partial charge in [-0.15, -0.1) is 0 Å². The SMILES string of the molecule is CNC(=O)CCNc1cc(OC)cc([N+](=O)[O-])c1. The summed E-state index contributed by atoms with van der Waals surface area (Å²) in [5, 5.41) is 16.1. The molecule has 1 rings (SSSR count). The molecule has 0 spiro atoms. The lowest BCUT2D eigenvalue weighted by molar-refractivity contribution is -0.384. The Labute approximate surface area is 104 Å². The molecule has 0 unspecified atom stereocenters. The van der Waals surface area contributed by atoms with E-state index in [1.807, 2.05) is 0 Å². The van der Waals surface area contributed by atoms with Crippen molar-refractivity contribution in [1.29, 1.82) is 0 Å². The highest BCUT2D eigenvalue weighted by molar-refractivity contribution is 5.76. The van der Waals surface area contributed by atoms with E-state index in [0.29, 0.717) is 24.4 Å². The van der Waals surface area contributed by atoms with Gasteiger partial charge in [0.15, 0.2) is 0 Å². The van der Waals surface area contributed by atoms with Gasteiger partial charge in [-0.25, -0.2) is 0 Å². The van der Waals surface area contributed by atoms with Crippen LogP contribution in [0.5, 0.6) is 5.75 Å². The number of hydrogen-bond acceptors (Lipinski definition) is 5. The fraction of sp³-hybridized carbons (Fsp3) is 0.364. The van der Waals surface area contributed by atoms with Crippen molar-refractivity contribution in [3.05, 3.63) is 28.3 Å². The Morgan fingerprint density at radius 3 is 2.72 bits per heavy atom. The maximum atomic E-state index is 11.0. The van der Waals surface area contributed by atoms with Gasteiger partial charge in [0.1, 0.15) is 5.75 Å². The lowest BCUT2D eigenvalue weighted by atomic mass is 10.2. The van der Waals surface area contributed by atoms with Crippen molar-refractivity contribution in [1.82, 2.24) is 5.32 Å². The maximum absolute atomic E-state index is 11.0. The van der Waals surface area contributed by atoms with Gasteiger partial charge in [0.25, 0.3) is 5.69 Å². The van der Waals surface area contributed by atoms with Crippen molar-refractivity contribution in [2.75, 3.05) is 26.0 Å². The molecule has 98 valence electrons. The third-order valence-electron chi connectivity index (χ3n) is 2.30. The van der Waals surface area contributed by atoms with Crippen LogP contribution in [0.25, 0.3) is 0 Å². The zero-order chi connectivity index (χ0) is 13.5. The molecule has 0 aliphatic rings. The summed E-state index contributed by atoms with van der Waals surface area (Å²) in [6, 6.07) is 4.37. The third kappa shape index (κ3) is 3.93. The van der Waals surface area contributed by atoms with Crippen molar-refractivity contribution in [2.45, 2.75) is 6.42 Å². The molecule has 0 atom stereocenters. The van der Waals surface area contributed by atoms with Crippen LogP contribution in [0.15, 0.2) is 18.2 Å². The zero-order valence-electron chi connectivity index (χ0n) is 10.2. The lowest BCUT2D eigenvalue weighted by Gasteiger charge is -2.07. The van der Waals surface area contributed by atoms with E-state index in [1.54, 1.807) is 13.1 Å². The van der Waals surface area contributed by atoms with Crippen LogP contribution in [0.3, 0.4) is 0 Å². The highest BCUT2D eigenvalue weighted by Gasteiger charge is 2.10. The molecule has 0 aliphatic heterocycles. The van der Waals surface area contributed by atoms with Gasteiger partial charge in [0.2, 0.25) is 5.91 Å². The van der Waals surface area contributed by atoms with Crippen molar-refractivity contribution in [2.24, 2.45) is 0 Å². The van der Waals surface area contributed by atoms with Crippen molar-refractivity contribution >= 4 is 17.3 Å². The number of hydrogen-bond donors (Lipinski definition) is 2. The molecular weight excluding hydrogens is 238 g/mol. The molecule has 0 saturated heterocycles. The summed E-state index contributed by atoms with van der Waals surface area (Å²) in [6.45, 7) is 0.393. The number of non-ortho nitro benzene ring substituents is 1. The first kappa shape index (κ1) is 13.8. The molecule has 0 bridgehead atoms. The molecule has 0 radical (unpaired) electrons. The number of ether oxygens (including phenoxy) is 1. The van der Waals surface area contributed by atoms with Gasteiger partial charge in [-0.3, -0.25) is 14.9 Å². The van der Waals surface area contributed by atoms with Gasteiger partial charge in [-0.1, -0.05) is 0 Å². The Balaban J connectivity index is 2.72. The van der Waals surface area contributed by atoms with Crippen LogP contribution in [0.1, 0.15) is 6.42 Å². The average molecular weight is 253 g/mol. The van der Waals surface area contributed by atoms with E-state index in [1.165, 1.54) is 19.2 Å². The van der Waals surface area contributed by atoms with E-state index in [-0.39, 0.29) is 11.6 Å². The number of methoxy groups -OCH3 is 1. The minimum atomic E-state index is -0.494. The summed E-state index contributed by atoms with van der Waals surface area (Å²) < 4.78 is 4.97. The van der Waals surface area contributed by atoms with Gasteiger partial charge in [0.05, 0.1) is 18.1 Å². The van der Waals surface area contributed by atoms with Crippen LogP contribution < -0.4 is 15.4 Å². The first-order chi connectivity index (χ1) is 8.56. The minimum absolute atomic E-state index is 0.0585. The van der Waals surface area contributed by atoms with Gasteiger partial charge >= 0.3 is 0 Å². The van der Waals surface area contributed by atoms with Crippen molar-refractivity contribution in [3.63, 3.8) is 0 Å². The average Bonchev–Trinajstić information content (AvgIpc) is 2.37. The number of rotatable bonds is 6. The number of anilines is 1. The molecule has 1 amide bonds. The number of amides is 1. The second kappa shape index (κ2) is 6.43. The Morgan fingerprint density at radius 1 is 1.44 bits per heavy atom. The van der Waals surface area contributed by atoms with Crippen LogP contribution in [0.2, 0.25) is 0 Å². The Kier molecular flexibility index (Phi) is 4.91. The zero-order valence-corrected chi connectivity index (χ0v) is 10.2. The Morgan fingerprint density at radius 2 is 2.17 bits per heavy atom. The van der Waals surface area contributed by atoms with Crippen LogP contribution in [0, 0.1) is 10.1 Å². The summed E-state index contributed by atoms with van der Waals surface area (Å²) in [6.07, 6.45) is 0.293. The Hall–Kier alpha value is -2.31. The highest BCUT2D eigenvalue weighted by atomic mass is 16.6. The highest BCUT2D eigenvalue weighted by Crippen LogP contribution is 2.25. The first-order valence-corrected chi connectivity index (χ1v) is 5.34. The predicted octanol–water partition coefficient (Wildman–Crippen LogP) is 1.15. The molecule has 7 nitrogen and oxygen atoms in total. The summed E-state index contributed by atoms with van der Waals surface area (Å²) in [5.41, 5.74) is 0.488. The van der Waals surface area contributed by atoms with Crippen LogP contribution in [0.4, 0.5) is 11.4 Å². The number of carbonyl (C=O) groups is 1. The van der Waals surface area contributed by atoms with E-state index < -0.39 is 4.92 Å². The molecule has 2 N–H and O–H groups in total. The molecule has 1 aromatic carbocycles. The van der Waals surface area contributed by atoms with Crippen molar-refractivity contribution in [3.8, 4) is 5.75 Å². The topological polar surface area (TPSA) is 93.5 Å². The maximum Gasteiger partial charge on any atom is 0.275 e. The quantitative estimate of drug-likeness (QED) is 0.586. The second-order valence-electron chi connectivity index (χ2n) is 3.53. The summed E-state index contributed by atoms with van der Waals surface area (Å²) >= 11 is 0. The van der Waals surface area contributed by atoms with E-state index in [4.69, 9.17) is 4.74 Å². The largest absolute Gasteiger partial charge is 0.496 e. The number of nitro groups is 1. The molecule has 0 heterocycles. The predicted molar refractivity (Wildman–Crippen MR) is 66.8 cm³/mol. The number of nitrogens with zero attached hydrogens (tertiary/aromatic N) is 1. The monoisotopic (exact) mass is 253 g/mol. The molecule has 0 aromatic heterocycles. The van der Waals surface area contributed by atoms with Gasteiger partial charge in [-0.2, -0.15) is 0 Å². The van der Waals surface area contributed by atoms with Gasteiger partial charge in [0, 0.05) is 37.8 Å². The van der Waals surface area contributed by atoms with Gasteiger partial charge in [-0.05, 0) is 0 Å². The van der Waals surface area contributed by atoms with Crippen LogP contribution in [-0.2, 0) is 4.79 Å². The van der Waals surface area contributed by atoms with E-state index in [0.717, 1.165) is 0 Å². The van der Waals surface area contributed by atoms with E-state index in [9.17, 15) is 14.9 Å². The summed E-state index contributed by atoms with van der Waals surface area (Å²) in [7, 11) is 2.99. The molecule has 0 fully saturated rings. The number of nitro benzene ring substituents is 1. The van der Waals surface area contributed by atoms with Gasteiger partial charge < -0.3 is 15.4 Å². The van der Waals surface area contributed by atoms with E-state index in [2.05, 4.69) is 10.6 Å². The number of nitrogens with one attached hydrogen (secondary N) is 2. The molecule has 7 heteroatoms. The number of carbonyl (C=O) groups excluding carboxylic acids is 1. The standard InChI is InChI=1S/C11H15N3O4/c1-12-11(15)3-4-13-8-5-9(14(16)17)7-10(6-8)18-2/h5-7,13H,3-4H2,1-2H3,(H,12,15). The first-order valence-electron chi connectivity index (χ1n) is 5.34. The molecule has 1 aromatic rings.